The number of para-hydroxylation sites is 1. The molecule has 4 aromatic rings. The molecule has 188 valence electrons. The number of ether oxygens (including phenoxy) is 3. The van der Waals surface area contributed by atoms with Crippen LogP contribution in [-0.4, -0.2) is 41.5 Å². The van der Waals surface area contributed by atoms with Crippen LogP contribution >= 0.6 is 0 Å². The summed E-state index contributed by atoms with van der Waals surface area (Å²) in [5, 5.41) is 8.48. The minimum Gasteiger partial charge on any atom is -0.497 e. The van der Waals surface area contributed by atoms with Gasteiger partial charge in [0.2, 0.25) is 0 Å². The molecule has 2 aromatic carbocycles. The molecule has 0 bridgehead atoms. The smallest absolute Gasteiger partial charge is 0.263 e. The Morgan fingerprint density at radius 1 is 1.00 bits per heavy atom. The summed E-state index contributed by atoms with van der Waals surface area (Å²) in [6.45, 7) is 9.98. The van der Waals surface area contributed by atoms with Crippen LogP contribution in [0.3, 0.4) is 0 Å². The highest BCUT2D eigenvalue weighted by Crippen LogP contribution is 2.34. The van der Waals surface area contributed by atoms with Crippen LogP contribution in [0.4, 0.5) is 5.82 Å². The Morgan fingerprint density at radius 3 is 2.47 bits per heavy atom. The van der Waals surface area contributed by atoms with Gasteiger partial charge < -0.3 is 19.5 Å². The molecule has 0 atom stereocenters. The van der Waals surface area contributed by atoms with Crippen molar-refractivity contribution >= 4 is 22.6 Å². The van der Waals surface area contributed by atoms with E-state index in [0.717, 1.165) is 33.5 Å². The van der Waals surface area contributed by atoms with Crippen molar-refractivity contribution in [2.24, 2.45) is 0 Å². The summed E-state index contributed by atoms with van der Waals surface area (Å²) in [7, 11) is 3.25. The number of rotatable bonds is 7. The summed E-state index contributed by atoms with van der Waals surface area (Å²) in [6, 6.07) is 15.1. The van der Waals surface area contributed by atoms with E-state index in [1.54, 1.807) is 25.0 Å². The van der Waals surface area contributed by atoms with Crippen LogP contribution in [0.1, 0.15) is 37.6 Å². The molecule has 36 heavy (non-hydrogen) atoms. The Hall–Kier alpha value is -4.07. The molecule has 8 heteroatoms. The zero-order valence-corrected chi connectivity index (χ0v) is 21.8. The topological polar surface area (TPSA) is 87.5 Å². The van der Waals surface area contributed by atoms with Gasteiger partial charge in [-0.1, -0.05) is 32.9 Å². The average molecular weight is 489 g/mol. The SMILES string of the molecule is COc1ccc(OCC(=O)Nc2cc(C)nn2-c2cc(C)c3cccc(OC)c3n2)c(C(C)(C)C)c1. The van der Waals surface area contributed by atoms with Crippen molar-refractivity contribution in [1.29, 1.82) is 0 Å². The van der Waals surface area contributed by atoms with Crippen LogP contribution in [0.25, 0.3) is 16.7 Å². The fourth-order valence-corrected chi connectivity index (χ4v) is 4.08. The first kappa shape index (κ1) is 25.0. The van der Waals surface area contributed by atoms with Gasteiger partial charge in [-0.2, -0.15) is 9.78 Å². The molecule has 0 spiro atoms. The Morgan fingerprint density at radius 2 is 1.78 bits per heavy atom. The highest BCUT2D eigenvalue weighted by molar-refractivity contribution is 5.92. The molecule has 0 fully saturated rings. The number of nitrogens with zero attached hydrogens (tertiary/aromatic N) is 3. The van der Waals surface area contributed by atoms with Gasteiger partial charge in [0.25, 0.3) is 5.91 Å². The second-order valence-electron chi connectivity index (χ2n) is 9.69. The summed E-state index contributed by atoms with van der Waals surface area (Å²) in [5.41, 5.74) is 3.28. The standard InChI is InChI=1S/C28H32N4O4/c1-17-13-24(30-27-20(17)9-8-10-23(27)35-7)32-25(14-18(2)31-32)29-26(33)16-36-22-12-11-19(34-6)15-21(22)28(3,4)5/h8-15H,16H2,1-7H3,(H,29,33). The molecule has 2 aromatic heterocycles. The summed E-state index contributed by atoms with van der Waals surface area (Å²) < 4.78 is 18.4. The maximum absolute atomic E-state index is 12.9. The van der Waals surface area contributed by atoms with Crippen LogP contribution in [-0.2, 0) is 10.2 Å². The van der Waals surface area contributed by atoms with E-state index < -0.39 is 0 Å². The molecule has 0 saturated heterocycles. The summed E-state index contributed by atoms with van der Waals surface area (Å²) in [4.78, 5) is 17.7. The molecule has 0 radical (unpaired) electrons. The number of hydrogen-bond acceptors (Lipinski definition) is 6. The average Bonchev–Trinajstić information content (AvgIpc) is 3.21. The number of benzene rings is 2. The van der Waals surface area contributed by atoms with Crippen molar-refractivity contribution in [3.05, 3.63) is 65.4 Å². The minimum absolute atomic E-state index is 0.155. The van der Waals surface area contributed by atoms with Crippen molar-refractivity contribution in [2.75, 3.05) is 26.1 Å². The van der Waals surface area contributed by atoms with E-state index in [4.69, 9.17) is 19.2 Å². The molecule has 0 aliphatic rings. The van der Waals surface area contributed by atoms with E-state index in [-0.39, 0.29) is 17.9 Å². The lowest BCUT2D eigenvalue weighted by Crippen LogP contribution is -2.23. The number of aromatic nitrogens is 3. The first-order valence-corrected chi connectivity index (χ1v) is 11.7. The number of hydrogen-bond donors (Lipinski definition) is 1. The predicted molar refractivity (Wildman–Crippen MR) is 141 cm³/mol. The van der Waals surface area contributed by atoms with Crippen LogP contribution < -0.4 is 19.5 Å². The van der Waals surface area contributed by atoms with E-state index in [1.807, 2.05) is 56.3 Å². The number of methoxy groups -OCH3 is 2. The van der Waals surface area contributed by atoms with Gasteiger partial charge >= 0.3 is 0 Å². The van der Waals surface area contributed by atoms with Gasteiger partial charge in [0, 0.05) is 17.0 Å². The van der Waals surface area contributed by atoms with Crippen LogP contribution in [0.15, 0.2) is 48.5 Å². The lowest BCUT2D eigenvalue weighted by Gasteiger charge is -2.23. The Labute approximate surface area is 211 Å². The van der Waals surface area contributed by atoms with Gasteiger partial charge in [-0.3, -0.25) is 4.79 Å². The number of pyridine rings is 1. The van der Waals surface area contributed by atoms with Crippen LogP contribution in [0.2, 0.25) is 0 Å². The Bertz CT molecular complexity index is 1420. The van der Waals surface area contributed by atoms with Crippen LogP contribution in [0.5, 0.6) is 17.2 Å². The van der Waals surface area contributed by atoms with E-state index in [0.29, 0.717) is 23.1 Å². The van der Waals surface area contributed by atoms with Gasteiger partial charge in [-0.15, -0.1) is 0 Å². The second-order valence-corrected chi connectivity index (χ2v) is 9.69. The third-order valence-corrected chi connectivity index (χ3v) is 5.89. The number of anilines is 1. The monoisotopic (exact) mass is 488 g/mol. The number of carbonyl (C=O) groups excluding carboxylic acids is 1. The van der Waals surface area contributed by atoms with E-state index in [9.17, 15) is 4.79 Å². The first-order valence-electron chi connectivity index (χ1n) is 11.7. The molecule has 0 aliphatic heterocycles. The highest BCUT2D eigenvalue weighted by atomic mass is 16.5. The zero-order chi connectivity index (χ0) is 26.0. The van der Waals surface area contributed by atoms with Crippen molar-refractivity contribution in [1.82, 2.24) is 14.8 Å². The molecular formula is C28H32N4O4. The molecule has 0 unspecified atom stereocenters. The van der Waals surface area contributed by atoms with E-state index in [1.165, 1.54) is 0 Å². The van der Waals surface area contributed by atoms with Gasteiger partial charge in [0.05, 0.1) is 19.9 Å². The Balaban J connectivity index is 1.58. The maximum atomic E-state index is 12.9. The van der Waals surface area contributed by atoms with E-state index >= 15 is 0 Å². The lowest BCUT2D eigenvalue weighted by molar-refractivity contribution is -0.118. The third kappa shape index (κ3) is 5.12. The molecule has 2 heterocycles. The molecule has 4 rings (SSSR count). The number of nitrogens with one attached hydrogen (secondary N) is 1. The fraction of sp³-hybridized carbons (Fsp3) is 0.321. The summed E-state index contributed by atoms with van der Waals surface area (Å²) in [6.07, 6.45) is 0. The van der Waals surface area contributed by atoms with Crippen LogP contribution in [0, 0.1) is 13.8 Å². The summed E-state index contributed by atoms with van der Waals surface area (Å²) in [5.74, 6) is 2.84. The quantitative estimate of drug-likeness (QED) is 0.376. The third-order valence-electron chi connectivity index (χ3n) is 5.89. The van der Waals surface area contributed by atoms with Crippen molar-refractivity contribution in [3.63, 3.8) is 0 Å². The number of carbonyl (C=O) groups is 1. The summed E-state index contributed by atoms with van der Waals surface area (Å²) >= 11 is 0. The zero-order valence-electron chi connectivity index (χ0n) is 21.8. The molecule has 0 saturated carbocycles. The minimum atomic E-state index is -0.304. The number of fused-ring (bicyclic) bond motifs is 1. The van der Waals surface area contributed by atoms with Crippen molar-refractivity contribution in [2.45, 2.75) is 40.0 Å². The van der Waals surface area contributed by atoms with Crippen molar-refractivity contribution in [3.8, 4) is 23.1 Å². The number of amides is 1. The van der Waals surface area contributed by atoms with E-state index in [2.05, 4.69) is 31.2 Å². The molecule has 0 aliphatic carbocycles. The van der Waals surface area contributed by atoms with Gasteiger partial charge in [0.15, 0.2) is 12.4 Å². The molecule has 1 N–H and O–H groups in total. The molecule has 8 nitrogen and oxygen atoms in total. The number of aryl methyl sites for hydroxylation is 2. The second kappa shape index (κ2) is 9.89. The van der Waals surface area contributed by atoms with Gasteiger partial charge in [-0.25, -0.2) is 4.98 Å². The normalized spacial score (nSPS) is 11.4. The van der Waals surface area contributed by atoms with Gasteiger partial charge in [-0.05, 0) is 55.2 Å². The van der Waals surface area contributed by atoms with Gasteiger partial charge in [0.1, 0.15) is 28.6 Å². The molecule has 1 amide bonds. The lowest BCUT2D eigenvalue weighted by atomic mass is 9.86. The largest absolute Gasteiger partial charge is 0.497 e. The fourth-order valence-electron chi connectivity index (χ4n) is 4.08. The maximum Gasteiger partial charge on any atom is 0.263 e. The Kier molecular flexibility index (Phi) is 6.88. The molecular weight excluding hydrogens is 456 g/mol. The van der Waals surface area contributed by atoms with Crippen molar-refractivity contribution < 1.29 is 19.0 Å². The first-order chi connectivity index (χ1) is 17.1. The highest BCUT2D eigenvalue weighted by Gasteiger charge is 2.21. The predicted octanol–water partition coefficient (Wildman–Crippen LogP) is 5.37.